The normalized spacial score (nSPS) is 16.4. The highest BCUT2D eigenvalue weighted by Crippen LogP contribution is 2.24. The molecule has 0 saturated heterocycles. The van der Waals surface area contributed by atoms with E-state index in [4.69, 9.17) is 4.84 Å². The fourth-order valence-corrected chi connectivity index (χ4v) is 2.96. The summed E-state index contributed by atoms with van der Waals surface area (Å²) in [6.07, 6.45) is -0.265. The first-order chi connectivity index (χ1) is 11.2. The first-order valence-corrected chi connectivity index (χ1v) is 7.76. The maximum absolute atomic E-state index is 12.2. The van der Waals surface area contributed by atoms with Crippen LogP contribution in [-0.4, -0.2) is 30.8 Å². The monoisotopic (exact) mass is 330 g/mol. The maximum atomic E-state index is 12.2. The molecule has 1 atom stereocenters. The van der Waals surface area contributed by atoms with Gasteiger partial charge in [0.15, 0.2) is 0 Å². The number of carbonyl (C=O) groups excluding carboxylic acids is 2. The Labute approximate surface area is 136 Å². The SMILES string of the molecule is COC(=O)c1ccc(NC(=O)[C@@H]2CC(c3ccccc3)=NO2)s1. The van der Waals surface area contributed by atoms with Gasteiger partial charge in [-0.15, -0.1) is 11.3 Å². The van der Waals surface area contributed by atoms with E-state index < -0.39 is 12.1 Å². The first-order valence-electron chi connectivity index (χ1n) is 6.94. The predicted molar refractivity (Wildman–Crippen MR) is 86.8 cm³/mol. The number of rotatable bonds is 4. The molecule has 1 N–H and O–H groups in total. The van der Waals surface area contributed by atoms with Gasteiger partial charge in [0.2, 0.25) is 6.10 Å². The third-order valence-corrected chi connectivity index (χ3v) is 4.29. The molecule has 0 aliphatic carbocycles. The fraction of sp³-hybridized carbons (Fsp3) is 0.188. The van der Waals surface area contributed by atoms with Crippen LogP contribution < -0.4 is 5.32 Å². The van der Waals surface area contributed by atoms with Crippen LogP contribution in [0.2, 0.25) is 0 Å². The predicted octanol–water partition coefficient (Wildman–Crippen LogP) is 2.67. The molecule has 1 aliphatic heterocycles. The Morgan fingerprint density at radius 2 is 2.04 bits per heavy atom. The lowest BCUT2D eigenvalue weighted by Crippen LogP contribution is -2.27. The first kappa shape index (κ1) is 15.2. The number of anilines is 1. The van der Waals surface area contributed by atoms with E-state index >= 15 is 0 Å². The van der Waals surface area contributed by atoms with Crippen molar-refractivity contribution in [3.63, 3.8) is 0 Å². The zero-order chi connectivity index (χ0) is 16.2. The smallest absolute Gasteiger partial charge is 0.348 e. The molecule has 23 heavy (non-hydrogen) atoms. The van der Waals surface area contributed by atoms with E-state index in [0.29, 0.717) is 16.3 Å². The molecule has 2 heterocycles. The molecule has 0 saturated carbocycles. The molecular weight excluding hydrogens is 316 g/mol. The summed E-state index contributed by atoms with van der Waals surface area (Å²) in [7, 11) is 1.31. The topological polar surface area (TPSA) is 77.0 Å². The zero-order valence-corrected chi connectivity index (χ0v) is 13.1. The van der Waals surface area contributed by atoms with Gasteiger partial charge < -0.3 is 14.9 Å². The van der Waals surface area contributed by atoms with Crippen molar-refractivity contribution < 1.29 is 19.2 Å². The van der Waals surface area contributed by atoms with Crippen LogP contribution >= 0.6 is 11.3 Å². The van der Waals surface area contributed by atoms with Gasteiger partial charge in [0, 0.05) is 6.42 Å². The minimum absolute atomic E-state index is 0.294. The van der Waals surface area contributed by atoms with Crippen molar-refractivity contribution in [3.8, 4) is 0 Å². The third kappa shape index (κ3) is 3.40. The van der Waals surface area contributed by atoms with E-state index in [-0.39, 0.29) is 5.91 Å². The summed E-state index contributed by atoms with van der Waals surface area (Å²) in [6, 6.07) is 12.8. The zero-order valence-electron chi connectivity index (χ0n) is 12.3. The second kappa shape index (κ2) is 6.62. The maximum Gasteiger partial charge on any atom is 0.348 e. The van der Waals surface area contributed by atoms with Gasteiger partial charge in [0.05, 0.1) is 17.8 Å². The molecule has 0 unspecified atom stereocenters. The molecule has 6 nitrogen and oxygen atoms in total. The Hall–Kier alpha value is -2.67. The van der Waals surface area contributed by atoms with Crippen LogP contribution in [0.15, 0.2) is 47.6 Å². The molecule has 1 aromatic carbocycles. The Morgan fingerprint density at radius 1 is 1.26 bits per heavy atom. The van der Waals surface area contributed by atoms with E-state index in [1.807, 2.05) is 30.3 Å². The van der Waals surface area contributed by atoms with Crippen molar-refractivity contribution in [2.45, 2.75) is 12.5 Å². The quantitative estimate of drug-likeness (QED) is 0.874. The molecule has 1 aliphatic rings. The van der Waals surface area contributed by atoms with Crippen molar-refractivity contribution in [2.75, 3.05) is 12.4 Å². The van der Waals surface area contributed by atoms with Crippen LogP contribution in [0, 0.1) is 0 Å². The van der Waals surface area contributed by atoms with Crippen LogP contribution in [0.1, 0.15) is 21.7 Å². The van der Waals surface area contributed by atoms with E-state index in [2.05, 4.69) is 15.2 Å². The Balaban J connectivity index is 1.60. The number of hydrogen-bond donors (Lipinski definition) is 1. The Bertz CT molecular complexity index is 754. The molecule has 0 fully saturated rings. The number of ether oxygens (including phenoxy) is 1. The molecule has 2 aromatic rings. The van der Waals surface area contributed by atoms with Crippen molar-refractivity contribution >= 4 is 33.9 Å². The summed E-state index contributed by atoms with van der Waals surface area (Å²) < 4.78 is 4.63. The highest BCUT2D eigenvalue weighted by molar-refractivity contribution is 7.18. The molecule has 7 heteroatoms. The lowest BCUT2D eigenvalue weighted by Gasteiger charge is -2.07. The van der Waals surface area contributed by atoms with Gasteiger partial charge in [-0.3, -0.25) is 4.79 Å². The van der Waals surface area contributed by atoms with Gasteiger partial charge in [-0.25, -0.2) is 4.79 Å². The second-order valence-electron chi connectivity index (χ2n) is 4.85. The van der Waals surface area contributed by atoms with Gasteiger partial charge >= 0.3 is 5.97 Å². The molecular formula is C16H14N2O4S. The third-order valence-electron chi connectivity index (χ3n) is 3.31. The number of amides is 1. The van der Waals surface area contributed by atoms with Crippen LogP contribution in [0.3, 0.4) is 0 Å². The summed E-state index contributed by atoms with van der Waals surface area (Å²) in [6.45, 7) is 0. The average molecular weight is 330 g/mol. The van der Waals surface area contributed by atoms with Crippen LogP contribution in [0.5, 0.6) is 0 Å². The highest BCUT2D eigenvalue weighted by Gasteiger charge is 2.29. The van der Waals surface area contributed by atoms with Gasteiger partial charge in [-0.2, -0.15) is 0 Å². The van der Waals surface area contributed by atoms with E-state index in [1.54, 1.807) is 12.1 Å². The number of esters is 1. The average Bonchev–Trinajstić information content (AvgIpc) is 3.24. The van der Waals surface area contributed by atoms with Crippen molar-refractivity contribution in [3.05, 3.63) is 52.9 Å². The number of methoxy groups -OCH3 is 1. The number of nitrogens with zero attached hydrogens (tertiary/aromatic N) is 1. The standard InChI is InChI=1S/C16H14N2O4S/c1-21-16(20)13-7-8-14(23-13)17-15(19)12-9-11(18-22-12)10-5-3-2-4-6-10/h2-8,12H,9H2,1H3,(H,17,19)/t12-/m0/s1. The van der Waals surface area contributed by atoms with E-state index in [0.717, 1.165) is 22.6 Å². The van der Waals surface area contributed by atoms with E-state index in [9.17, 15) is 9.59 Å². The number of thiophene rings is 1. The Morgan fingerprint density at radius 3 is 2.78 bits per heavy atom. The number of hydrogen-bond acceptors (Lipinski definition) is 6. The molecule has 0 radical (unpaired) electrons. The van der Waals surface area contributed by atoms with Crippen molar-refractivity contribution in [2.24, 2.45) is 5.16 Å². The summed E-state index contributed by atoms with van der Waals surface area (Å²) in [5.74, 6) is -0.722. The summed E-state index contributed by atoms with van der Waals surface area (Å²) in [5.41, 5.74) is 1.68. The summed E-state index contributed by atoms with van der Waals surface area (Å²) in [4.78, 5) is 29.3. The van der Waals surface area contributed by atoms with Gasteiger partial charge in [0.1, 0.15) is 4.88 Å². The molecule has 1 aromatic heterocycles. The number of nitrogens with one attached hydrogen (secondary N) is 1. The molecule has 3 rings (SSSR count). The molecule has 0 bridgehead atoms. The van der Waals surface area contributed by atoms with E-state index in [1.165, 1.54) is 7.11 Å². The van der Waals surface area contributed by atoms with Gasteiger partial charge in [0.25, 0.3) is 5.91 Å². The van der Waals surface area contributed by atoms with Crippen molar-refractivity contribution in [1.29, 1.82) is 0 Å². The lowest BCUT2D eigenvalue weighted by molar-refractivity contribution is -0.125. The molecule has 0 spiro atoms. The Kier molecular flexibility index (Phi) is 4.38. The highest BCUT2D eigenvalue weighted by atomic mass is 32.1. The second-order valence-corrected chi connectivity index (χ2v) is 5.93. The van der Waals surface area contributed by atoms with Gasteiger partial charge in [-0.1, -0.05) is 35.5 Å². The lowest BCUT2D eigenvalue weighted by atomic mass is 10.1. The fourth-order valence-electron chi connectivity index (χ4n) is 2.14. The molecule has 118 valence electrons. The van der Waals surface area contributed by atoms with Gasteiger partial charge in [-0.05, 0) is 17.7 Å². The van der Waals surface area contributed by atoms with Crippen LogP contribution in [0.25, 0.3) is 0 Å². The largest absolute Gasteiger partial charge is 0.465 e. The number of benzene rings is 1. The number of oxime groups is 1. The minimum atomic E-state index is -0.672. The number of carbonyl (C=O) groups is 2. The summed E-state index contributed by atoms with van der Waals surface area (Å²) >= 11 is 1.15. The van der Waals surface area contributed by atoms with Crippen molar-refractivity contribution in [1.82, 2.24) is 0 Å². The van der Waals surface area contributed by atoms with Crippen LogP contribution in [0.4, 0.5) is 5.00 Å². The molecule has 1 amide bonds. The summed E-state index contributed by atoms with van der Waals surface area (Å²) in [5, 5.41) is 7.27. The van der Waals surface area contributed by atoms with Crippen LogP contribution in [-0.2, 0) is 14.4 Å². The minimum Gasteiger partial charge on any atom is -0.465 e.